The van der Waals surface area contributed by atoms with Crippen LogP contribution in [0.3, 0.4) is 0 Å². The highest BCUT2D eigenvalue weighted by Crippen LogP contribution is 2.27. The van der Waals surface area contributed by atoms with Crippen molar-refractivity contribution in [3.63, 3.8) is 0 Å². The lowest BCUT2D eigenvalue weighted by molar-refractivity contribution is -0.145. The molecule has 0 radical (unpaired) electrons. The van der Waals surface area contributed by atoms with Crippen LogP contribution in [0.15, 0.2) is 40.9 Å². The third-order valence-corrected chi connectivity index (χ3v) is 6.52. The van der Waals surface area contributed by atoms with Gasteiger partial charge in [0.25, 0.3) is 5.91 Å². The zero-order valence-electron chi connectivity index (χ0n) is 18.8. The fourth-order valence-electron chi connectivity index (χ4n) is 3.32. The smallest absolute Gasteiger partial charge is 0.316 e. The van der Waals surface area contributed by atoms with Crippen molar-refractivity contribution in [1.29, 1.82) is 5.26 Å². The van der Waals surface area contributed by atoms with Crippen LogP contribution in [0.1, 0.15) is 24.5 Å². The first kappa shape index (κ1) is 24.5. The first-order chi connectivity index (χ1) is 15.9. The molecule has 1 aromatic carbocycles. The van der Waals surface area contributed by atoms with Gasteiger partial charge >= 0.3 is 5.97 Å². The van der Waals surface area contributed by atoms with Crippen molar-refractivity contribution in [2.45, 2.75) is 38.9 Å². The van der Waals surface area contributed by atoms with Crippen LogP contribution in [0.4, 0.5) is 5.69 Å². The van der Waals surface area contributed by atoms with Crippen molar-refractivity contribution in [2.75, 3.05) is 23.8 Å². The molecule has 0 spiro atoms. The van der Waals surface area contributed by atoms with E-state index in [9.17, 15) is 9.59 Å². The molecule has 0 unspecified atom stereocenters. The summed E-state index contributed by atoms with van der Waals surface area (Å²) < 4.78 is 7.17. The summed E-state index contributed by atoms with van der Waals surface area (Å²) in [6.45, 7) is 6.39. The van der Waals surface area contributed by atoms with E-state index in [1.165, 1.54) is 16.7 Å². The van der Waals surface area contributed by atoms with Gasteiger partial charge in [0.2, 0.25) is 0 Å². The van der Waals surface area contributed by atoms with Crippen LogP contribution in [0.5, 0.6) is 0 Å². The van der Waals surface area contributed by atoms with Crippen molar-refractivity contribution in [3.05, 3.63) is 46.8 Å². The maximum atomic E-state index is 12.8. The summed E-state index contributed by atoms with van der Waals surface area (Å²) in [5.41, 5.74) is 2.71. The minimum atomic E-state index is -0.516. The number of aryl methyl sites for hydroxylation is 2. The van der Waals surface area contributed by atoms with Crippen LogP contribution < -0.4 is 4.90 Å². The molecule has 3 rings (SSSR count). The second-order valence-corrected chi connectivity index (χ2v) is 9.17. The van der Waals surface area contributed by atoms with Crippen molar-refractivity contribution in [1.82, 2.24) is 14.8 Å². The summed E-state index contributed by atoms with van der Waals surface area (Å²) in [5.74, 6) is -0.111. The Morgan fingerprint density at radius 1 is 1.24 bits per heavy atom. The largest absolute Gasteiger partial charge is 0.455 e. The monoisotopic (exact) mass is 483 g/mol. The summed E-state index contributed by atoms with van der Waals surface area (Å²) in [6, 6.07) is 11.7. The number of hydrogen-bond donors (Lipinski definition) is 0. The van der Waals surface area contributed by atoms with Crippen LogP contribution in [-0.2, 0) is 20.9 Å². The number of amides is 1. The maximum Gasteiger partial charge on any atom is 0.316 e. The van der Waals surface area contributed by atoms with E-state index in [4.69, 9.17) is 10.00 Å². The highest BCUT2D eigenvalue weighted by atomic mass is 32.2. The molecule has 0 N–H and O–H groups in total. The van der Waals surface area contributed by atoms with E-state index in [1.54, 1.807) is 11.3 Å². The van der Waals surface area contributed by atoms with Gasteiger partial charge in [-0.05, 0) is 55.5 Å². The van der Waals surface area contributed by atoms with Crippen LogP contribution in [0, 0.1) is 25.2 Å². The molecular formula is C23H25N5O3S2. The Morgan fingerprint density at radius 3 is 2.64 bits per heavy atom. The molecule has 3 aromatic rings. The van der Waals surface area contributed by atoms with Crippen LogP contribution >= 0.6 is 23.1 Å². The second-order valence-electron chi connectivity index (χ2n) is 7.28. The number of carbonyl (C=O) groups excluding carboxylic acids is 2. The molecule has 33 heavy (non-hydrogen) atoms. The minimum absolute atomic E-state index is 0.0115. The van der Waals surface area contributed by atoms with Crippen LogP contribution in [0.2, 0.25) is 0 Å². The third kappa shape index (κ3) is 6.43. The first-order valence-electron chi connectivity index (χ1n) is 10.4. The Bertz CT molecular complexity index is 1130. The molecule has 8 nitrogen and oxygen atoms in total. The Hall–Kier alpha value is -3.16. The Morgan fingerprint density at radius 2 is 2.00 bits per heavy atom. The number of carbonyl (C=O) groups is 2. The van der Waals surface area contributed by atoms with E-state index >= 15 is 0 Å². The van der Waals surface area contributed by atoms with E-state index < -0.39 is 12.6 Å². The quantitative estimate of drug-likeness (QED) is 0.314. The molecule has 0 aliphatic carbocycles. The van der Waals surface area contributed by atoms with Gasteiger partial charge in [-0.3, -0.25) is 9.59 Å². The Kier molecular flexibility index (Phi) is 8.63. The predicted molar refractivity (Wildman–Crippen MR) is 129 cm³/mol. The summed E-state index contributed by atoms with van der Waals surface area (Å²) in [5, 5.41) is 20.0. The normalized spacial score (nSPS) is 10.6. The molecule has 1 amide bonds. The molecule has 2 heterocycles. The topological polar surface area (TPSA) is 101 Å². The number of hydrogen-bond acceptors (Lipinski definition) is 8. The highest BCUT2D eigenvalue weighted by Gasteiger charge is 2.20. The molecule has 0 bridgehead atoms. The number of thioether (sulfide) groups is 1. The van der Waals surface area contributed by atoms with E-state index in [1.807, 2.05) is 61.1 Å². The second kappa shape index (κ2) is 11.6. The number of ether oxygens (including phenoxy) is 1. The van der Waals surface area contributed by atoms with Gasteiger partial charge in [0.1, 0.15) is 0 Å². The van der Waals surface area contributed by atoms with Gasteiger partial charge < -0.3 is 14.2 Å². The van der Waals surface area contributed by atoms with E-state index in [0.29, 0.717) is 17.4 Å². The zero-order chi connectivity index (χ0) is 23.8. The SMILES string of the molecule is CCn1c(SCC(=O)OCC(=O)N(CCC#N)c2cc(C)cc(C)c2)nnc1-c1cccs1. The lowest BCUT2D eigenvalue weighted by atomic mass is 10.1. The molecular weight excluding hydrogens is 458 g/mol. The van der Waals surface area contributed by atoms with Crippen molar-refractivity contribution in [3.8, 4) is 16.8 Å². The number of nitriles is 1. The standard InChI is InChI=1S/C23H25N5O3S2/c1-4-27-22(19-7-5-10-32-19)25-26-23(27)33-15-21(30)31-14-20(29)28(9-6-8-24)18-12-16(2)11-17(3)13-18/h5,7,10-13H,4,6,9,14-15H2,1-3H3. The molecule has 0 fully saturated rings. The molecule has 0 saturated heterocycles. The average Bonchev–Trinajstić information content (AvgIpc) is 3.45. The number of rotatable bonds is 10. The van der Waals surface area contributed by atoms with Gasteiger partial charge in [0.05, 0.1) is 23.1 Å². The molecule has 172 valence electrons. The number of thiophene rings is 1. The summed E-state index contributed by atoms with van der Waals surface area (Å²) >= 11 is 2.80. The summed E-state index contributed by atoms with van der Waals surface area (Å²) in [4.78, 5) is 27.6. The number of aromatic nitrogens is 3. The minimum Gasteiger partial charge on any atom is -0.455 e. The van der Waals surface area contributed by atoms with E-state index in [-0.39, 0.29) is 24.6 Å². The van der Waals surface area contributed by atoms with Crippen LogP contribution in [0.25, 0.3) is 10.7 Å². The molecule has 0 saturated carbocycles. The third-order valence-electron chi connectivity index (χ3n) is 4.72. The van der Waals surface area contributed by atoms with Gasteiger partial charge in [-0.1, -0.05) is 23.9 Å². The van der Waals surface area contributed by atoms with Crippen molar-refractivity contribution >= 4 is 40.7 Å². The number of nitrogens with zero attached hydrogens (tertiary/aromatic N) is 5. The van der Waals surface area contributed by atoms with Crippen LogP contribution in [-0.4, -0.2) is 45.5 Å². The van der Waals surface area contributed by atoms with Gasteiger partial charge in [0.15, 0.2) is 17.6 Å². The van der Waals surface area contributed by atoms with Gasteiger partial charge in [-0.15, -0.1) is 21.5 Å². The number of esters is 1. The predicted octanol–water partition coefficient (Wildman–Crippen LogP) is 4.23. The first-order valence-corrected chi connectivity index (χ1v) is 12.3. The molecule has 0 aliphatic heterocycles. The highest BCUT2D eigenvalue weighted by molar-refractivity contribution is 7.99. The van der Waals surface area contributed by atoms with E-state index in [0.717, 1.165) is 21.8 Å². The van der Waals surface area contributed by atoms with Crippen molar-refractivity contribution < 1.29 is 14.3 Å². The molecule has 10 heteroatoms. The number of anilines is 1. The average molecular weight is 484 g/mol. The van der Waals surface area contributed by atoms with Gasteiger partial charge in [-0.2, -0.15) is 5.26 Å². The fraction of sp³-hybridized carbons (Fsp3) is 0.348. The van der Waals surface area contributed by atoms with Crippen molar-refractivity contribution in [2.24, 2.45) is 0 Å². The fourth-order valence-corrected chi connectivity index (χ4v) is 4.84. The van der Waals surface area contributed by atoms with E-state index in [2.05, 4.69) is 16.3 Å². The van der Waals surface area contributed by atoms with Gasteiger partial charge in [0, 0.05) is 18.8 Å². The zero-order valence-corrected chi connectivity index (χ0v) is 20.4. The Balaban J connectivity index is 1.59. The Labute approximate surface area is 201 Å². The molecule has 2 aromatic heterocycles. The lowest BCUT2D eigenvalue weighted by Crippen LogP contribution is -2.35. The summed E-state index contributed by atoms with van der Waals surface area (Å²) in [7, 11) is 0. The maximum absolute atomic E-state index is 12.8. The molecule has 0 atom stereocenters. The number of benzene rings is 1. The van der Waals surface area contributed by atoms with Gasteiger partial charge in [-0.25, -0.2) is 0 Å². The lowest BCUT2D eigenvalue weighted by Gasteiger charge is -2.22. The molecule has 0 aliphatic rings. The summed E-state index contributed by atoms with van der Waals surface area (Å²) in [6.07, 6.45) is 0.182.